The zero-order valence-corrected chi connectivity index (χ0v) is 12.1. The molecule has 0 radical (unpaired) electrons. The van der Waals surface area contributed by atoms with Crippen molar-refractivity contribution in [3.8, 4) is 11.5 Å². The fourth-order valence-electron chi connectivity index (χ4n) is 1.95. The largest absolute Gasteiger partial charge is 0.490 e. The Balaban J connectivity index is 1.77. The second-order valence-corrected chi connectivity index (χ2v) is 4.81. The second-order valence-electron chi connectivity index (χ2n) is 4.81. The van der Waals surface area contributed by atoms with Gasteiger partial charge in [0.05, 0.1) is 0 Å². The molecule has 2 aromatic rings. The number of nitrogens with two attached hydrogens (primary N) is 1. The van der Waals surface area contributed by atoms with E-state index >= 15 is 0 Å². The van der Waals surface area contributed by atoms with Crippen LogP contribution in [-0.2, 0) is 6.42 Å². The zero-order valence-electron chi connectivity index (χ0n) is 12.1. The number of hydrogen-bond acceptors (Lipinski definition) is 3. The monoisotopic (exact) mass is 289 g/mol. The summed E-state index contributed by atoms with van der Waals surface area (Å²) in [6.45, 7) is 3.19. The Bertz CT molecular complexity index is 570. The van der Waals surface area contributed by atoms with Gasteiger partial charge in [-0.25, -0.2) is 4.39 Å². The van der Waals surface area contributed by atoms with E-state index in [0.717, 1.165) is 17.7 Å². The fraction of sp³-hybridized carbons (Fsp3) is 0.294. The van der Waals surface area contributed by atoms with Gasteiger partial charge >= 0.3 is 0 Å². The molecule has 0 aliphatic rings. The molecule has 2 rings (SSSR count). The molecule has 0 saturated heterocycles. The minimum Gasteiger partial charge on any atom is -0.490 e. The molecule has 2 N–H and O–H groups in total. The number of rotatable bonds is 7. The summed E-state index contributed by atoms with van der Waals surface area (Å²) in [4.78, 5) is 0. The van der Waals surface area contributed by atoms with E-state index in [1.165, 1.54) is 11.6 Å². The molecule has 112 valence electrons. The molecule has 3 nitrogen and oxygen atoms in total. The maximum absolute atomic E-state index is 13.5. The van der Waals surface area contributed by atoms with Crippen molar-refractivity contribution in [1.29, 1.82) is 0 Å². The van der Waals surface area contributed by atoms with Gasteiger partial charge in [-0.05, 0) is 55.3 Å². The van der Waals surface area contributed by atoms with Crippen molar-refractivity contribution in [2.24, 2.45) is 5.73 Å². The van der Waals surface area contributed by atoms with Gasteiger partial charge in [0.2, 0.25) is 0 Å². The first-order valence-electron chi connectivity index (χ1n) is 7.00. The van der Waals surface area contributed by atoms with Gasteiger partial charge in [-0.15, -0.1) is 0 Å². The van der Waals surface area contributed by atoms with Crippen molar-refractivity contribution in [1.82, 2.24) is 0 Å². The van der Waals surface area contributed by atoms with Crippen molar-refractivity contribution in [2.45, 2.75) is 13.3 Å². The SMILES string of the molecule is Cc1ccc(F)c(OCCOc2ccc(CCN)cc2)c1. The maximum Gasteiger partial charge on any atom is 0.165 e. The number of aryl methyl sites for hydroxylation is 1. The van der Waals surface area contributed by atoms with Crippen LogP contribution >= 0.6 is 0 Å². The highest BCUT2D eigenvalue weighted by Gasteiger charge is 2.03. The molecule has 4 heteroatoms. The van der Waals surface area contributed by atoms with Crippen LogP contribution in [0.25, 0.3) is 0 Å². The van der Waals surface area contributed by atoms with Crippen molar-refractivity contribution in [2.75, 3.05) is 19.8 Å². The molecule has 0 heterocycles. The Morgan fingerprint density at radius 2 is 1.71 bits per heavy atom. The molecule has 2 aromatic carbocycles. The van der Waals surface area contributed by atoms with E-state index < -0.39 is 0 Å². The summed E-state index contributed by atoms with van der Waals surface area (Å²) >= 11 is 0. The number of halogens is 1. The quantitative estimate of drug-likeness (QED) is 0.797. The summed E-state index contributed by atoms with van der Waals surface area (Å²) in [5, 5.41) is 0. The highest BCUT2D eigenvalue weighted by molar-refractivity contribution is 5.29. The Morgan fingerprint density at radius 1 is 1.00 bits per heavy atom. The third-order valence-electron chi connectivity index (χ3n) is 3.05. The summed E-state index contributed by atoms with van der Waals surface area (Å²) in [6.07, 6.45) is 0.857. The van der Waals surface area contributed by atoms with Crippen molar-refractivity contribution < 1.29 is 13.9 Å². The lowest BCUT2D eigenvalue weighted by Crippen LogP contribution is -2.10. The summed E-state index contributed by atoms with van der Waals surface area (Å²) < 4.78 is 24.4. The van der Waals surface area contributed by atoms with Gasteiger partial charge in [0, 0.05) is 0 Å². The van der Waals surface area contributed by atoms with Crippen LogP contribution < -0.4 is 15.2 Å². The van der Waals surface area contributed by atoms with Crippen LogP contribution in [0.4, 0.5) is 4.39 Å². The van der Waals surface area contributed by atoms with E-state index in [-0.39, 0.29) is 11.6 Å². The van der Waals surface area contributed by atoms with E-state index in [1.807, 2.05) is 31.2 Å². The molecule has 0 spiro atoms. The summed E-state index contributed by atoms with van der Waals surface area (Å²) in [7, 11) is 0. The Morgan fingerprint density at radius 3 is 2.43 bits per heavy atom. The molecule has 0 unspecified atom stereocenters. The van der Waals surface area contributed by atoms with Gasteiger partial charge in [0.15, 0.2) is 11.6 Å². The third kappa shape index (κ3) is 4.76. The topological polar surface area (TPSA) is 44.5 Å². The Labute approximate surface area is 124 Å². The summed E-state index contributed by atoms with van der Waals surface area (Å²) in [5.74, 6) is 0.674. The van der Waals surface area contributed by atoms with Gasteiger partial charge < -0.3 is 15.2 Å². The second kappa shape index (κ2) is 7.64. The zero-order chi connectivity index (χ0) is 15.1. The number of hydrogen-bond donors (Lipinski definition) is 1. The minimum atomic E-state index is -0.355. The van der Waals surface area contributed by atoms with Crippen LogP contribution in [0.1, 0.15) is 11.1 Å². The normalized spacial score (nSPS) is 10.4. The molecule has 0 aromatic heterocycles. The highest BCUT2D eigenvalue weighted by Crippen LogP contribution is 2.18. The lowest BCUT2D eigenvalue weighted by atomic mass is 10.1. The third-order valence-corrected chi connectivity index (χ3v) is 3.05. The van der Waals surface area contributed by atoms with Crippen molar-refractivity contribution in [3.05, 3.63) is 59.4 Å². The molecule has 0 bridgehead atoms. The number of ether oxygens (including phenoxy) is 2. The van der Waals surface area contributed by atoms with Crippen LogP contribution in [0.2, 0.25) is 0 Å². The standard InChI is InChI=1S/C17H20FNO2/c1-13-2-7-16(18)17(12-13)21-11-10-20-15-5-3-14(4-6-15)8-9-19/h2-7,12H,8-11,19H2,1H3. The van der Waals surface area contributed by atoms with E-state index in [0.29, 0.717) is 19.8 Å². The average molecular weight is 289 g/mol. The molecule has 0 amide bonds. The van der Waals surface area contributed by atoms with Gasteiger partial charge in [-0.1, -0.05) is 18.2 Å². The van der Waals surface area contributed by atoms with Crippen molar-refractivity contribution >= 4 is 0 Å². The molecule has 0 aliphatic carbocycles. The summed E-state index contributed by atoms with van der Waals surface area (Å²) in [6, 6.07) is 12.6. The molecular weight excluding hydrogens is 269 g/mol. The Hall–Kier alpha value is -2.07. The van der Waals surface area contributed by atoms with Crippen LogP contribution in [0.5, 0.6) is 11.5 Å². The Kier molecular flexibility index (Phi) is 5.58. The van der Waals surface area contributed by atoms with Crippen LogP contribution in [0.3, 0.4) is 0 Å². The smallest absolute Gasteiger partial charge is 0.165 e. The van der Waals surface area contributed by atoms with E-state index in [2.05, 4.69) is 0 Å². The highest BCUT2D eigenvalue weighted by atomic mass is 19.1. The molecule has 0 aliphatic heterocycles. The molecule has 21 heavy (non-hydrogen) atoms. The van der Waals surface area contributed by atoms with Gasteiger partial charge in [-0.3, -0.25) is 0 Å². The molecule has 0 fully saturated rings. The summed E-state index contributed by atoms with van der Waals surface area (Å²) in [5.41, 5.74) is 7.64. The average Bonchev–Trinajstić information content (AvgIpc) is 2.49. The van der Waals surface area contributed by atoms with E-state index in [1.54, 1.807) is 12.1 Å². The maximum atomic E-state index is 13.5. The first kappa shape index (κ1) is 15.3. The number of benzene rings is 2. The van der Waals surface area contributed by atoms with Crippen LogP contribution in [0, 0.1) is 12.7 Å². The first-order valence-corrected chi connectivity index (χ1v) is 7.00. The van der Waals surface area contributed by atoms with Gasteiger partial charge in [0.1, 0.15) is 19.0 Å². The lowest BCUT2D eigenvalue weighted by molar-refractivity contribution is 0.211. The molecule has 0 saturated carbocycles. The first-order chi connectivity index (χ1) is 10.2. The van der Waals surface area contributed by atoms with Crippen LogP contribution in [0.15, 0.2) is 42.5 Å². The van der Waals surface area contributed by atoms with Gasteiger partial charge in [-0.2, -0.15) is 0 Å². The molecular formula is C17H20FNO2. The van der Waals surface area contributed by atoms with Gasteiger partial charge in [0.25, 0.3) is 0 Å². The lowest BCUT2D eigenvalue weighted by Gasteiger charge is -2.10. The van der Waals surface area contributed by atoms with Crippen LogP contribution in [-0.4, -0.2) is 19.8 Å². The molecule has 0 atom stereocenters. The van der Waals surface area contributed by atoms with Crippen molar-refractivity contribution in [3.63, 3.8) is 0 Å². The minimum absolute atomic E-state index is 0.261. The van der Waals surface area contributed by atoms with E-state index in [9.17, 15) is 4.39 Å². The predicted molar refractivity (Wildman–Crippen MR) is 81.3 cm³/mol. The fourth-order valence-corrected chi connectivity index (χ4v) is 1.95. The predicted octanol–water partition coefficient (Wildman–Crippen LogP) is 3.09. The van der Waals surface area contributed by atoms with E-state index in [4.69, 9.17) is 15.2 Å².